The van der Waals surface area contributed by atoms with E-state index in [1.54, 1.807) is 24.3 Å². The van der Waals surface area contributed by atoms with E-state index in [0.29, 0.717) is 0 Å². The summed E-state index contributed by atoms with van der Waals surface area (Å²) < 4.78 is 27.9. The normalized spacial score (nSPS) is 16.1. The Morgan fingerprint density at radius 1 is 1.15 bits per heavy atom. The van der Waals surface area contributed by atoms with E-state index in [1.165, 1.54) is 11.8 Å². The van der Waals surface area contributed by atoms with Crippen LogP contribution in [0.3, 0.4) is 0 Å². The molecule has 4 heteroatoms. The van der Waals surface area contributed by atoms with E-state index in [0.717, 1.165) is 30.4 Å². The SMILES string of the molecule is CCC1=CC=C(C=NS(=O)(=O)c2ccc(C)cc2)CC1. The van der Waals surface area contributed by atoms with Crippen LogP contribution in [0, 0.1) is 6.92 Å². The molecule has 0 amide bonds. The van der Waals surface area contributed by atoms with Gasteiger partial charge in [-0.25, -0.2) is 0 Å². The molecule has 0 N–H and O–H groups in total. The fourth-order valence-electron chi connectivity index (χ4n) is 2.01. The molecule has 2 rings (SSSR count). The van der Waals surface area contributed by atoms with Gasteiger partial charge < -0.3 is 0 Å². The Morgan fingerprint density at radius 2 is 1.85 bits per heavy atom. The van der Waals surface area contributed by atoms with Crippen molar-refractivity contribution in [2.45, 2.75) is 38.0 Å². The van der Waals surface area contributed by atoms with Gasteiger partial charge in [0, 0.05) is 6.21 Å². The third-order valence-electron chi connectivity index (χ3n) is 3.40. The summed E-state index contributed by atoms with van der Waals surface area (Å²) in [4.78, 5) is 0.237. The van der Waals surface area contributed by atoms with Gasteiger partial charge in [-0.15, -0.1) is 0 Å². The van der Waals surface area contributed by atoms with Crippen molar-refractivity contribution in [3.8, 4) is 0 Å². The van der Waals surface area contributed by atoms with Crippen LogP contribution in [-0.4, -0.2) is 14.6 Å². The standard InChI is InChI=1S/C16H19NO2S/c1-3-14-6-8-15(9-7-14)12-17-20(18,19)16-10-4-13(2)5-11-16/h4-6,8,10-12H,3,7,9H2,1-2H3. The zero-order chi connectivity index (χ0) is 14.6. The minimum absolute atomic E-state index is 0.237. The summed E-state index contributed by atoms with van der Waals surface area (Å²) in [5.74, 6) is 0. The number of hydrogen-bond acceptors (Lipinski definition) is 2. The Balaban J connectivity index is 2.17. The van der Waals surface area contributed by atoms with Crippen LogP contribution in [0.2, 0.25) is 0 Å². The van der Waals surface area contributed by atoms with Crippen LogP contribution in [-0.2, 0) is 10.0 Å². The molecule has 0 aliphatic heterocycles. The highest BCUT2D eigenvalue weighted by molar-refractivity contribution is 7.90. The first-order chi connectivity index (χ1) is 9.51. The summed E-state index contributed by atoms with van der Waals surface area (Å²) in [7, 11) is -3.59. The number of aryl methyl sites for hydroxylation is 1. The number of rotatable bonds is 4. The van der Waals surface area contributed by atoms with Crippen molar-refractivity contribution < 1.29 is 8.42 Å². The van der Waals surface area contributed by atoms with E-state index >= 15 is 0 Å². The van der Waals surface area contributed by atoms with E-state index < -0.39 is 10.0 Å². The van der Waals surface area contributed by atoms with Crippen LogP contribution < -0.4 is 0 Å². The molecule has 0 radical (unpaired) electrons. The quantitative estimate of drug-likeness (QED) is 0.791. The molecule has 0 saturated carbocycles. The highest BCUT2D eigenvalue weighted by Gasteiger charge is 2.11. The summed E-state index contributed by atoms with van der Waals surface area (Å²) in [6.07, 6.45) is 8.37. The van der Waals surface area contributed by atoms with E-state index in [-0.39, 0.29) is 4.90 Å². The monoisotopic (exact) mass is 289 g/mol. The maximum atomic E-state index is 12.1. The fourth-order valence-corrected chi connectivity index (χ4v) is 2.88. The lowest BCUT2D eigenvalue weighted by Crippen LogP contribution is -2.00. The molecular formula is C16H19NO2S. The van der Waals surface area contributed by atoms with Crippen LogP contribution in [0.25, 0.3) is 0 Å². The number of sulfonamides is 1. The van der Waals surface area contributed by atoms with Crippen LogP contribution in [0.1, 0.15) is 31.7 Å². The van der Waals surface area contributed by atoms with Crippen molar-refractivity contribution >= 4 is 16.2 Å². The highest BCUT2D eigenvalue weighted by atomic mass is 32.2. The van der Waals surface area contributed by atoms with Gasteiger partial charge in [0.25, 0.3) is 10.0 Å². The third-order valence-corrected chi connectivity index (χ3v) is 4.65. The first-order valence-electron chi connectivity index (χ1n) is 6.77. The summed E-state index contributed by atoms with van der Waals surface area (Å²) in [6, 6.07) is 6.73. The second kappa shape index (κ2) is 6.18. The fraction of sp³-hybridized carbons (Fsp3) is 0.312. The van der Waals surface area contributed by atoms with Crippen molar-refractivity contribution in [3.05, 3.63) is 53.1 Å². The van der Waals surface area contributed by atoms with E-state index in [1.807, 2.05) is 13.0 Å². The number of allylic oxidation sites excluding steroid dienone is 4. The molecule has 1 aliphatic carbocycles. The third kappa shape index (κ3) is 3.67. The van der Waals surface area contributed by atoms with Gasteiger partial charge >= 0.3 is 0 Å². The van der Waals surface area contributed by atoms with Gasteiger partial charge in [-0.05, 0) is 43.9 Å². The van der Waals surface area contributed by atoms with Crippen molar-refractivity contribution in [2.75, 3.05) is 0 Å². The minimum Gasteiger partial charge on any atom is -0.199 e. The number of nitrogens with zero attached hydrogens (tertiary/aromatic N) is 1. The van der Waals surface area contributed by atoms with Gasteiger partial charge in [0.15, 0.2) is 0 Å². The van der Waals surface area contributed by atoms with Gasteiger partial charge in [-0.1, -0.05) is 42.3 Å². The first kappa shape index (κ1) is 14.7. The van der Waals surface area contributed by atoms with E-state index in [2.05, 4.69) is 17.4 Å². The Bertz CT molecular complexity index is 665. The van der Waals surface area contributed by atoms with Crippen molar-refractivity contribution in [1.82, 2.24) is 0 Å². The summed E-state index contributed by atoms with van der Waals surface area (Å²) in [5, 5.41) is 0. The molecular weight excluding hydrogens is 270 g/mol. The van der Waals surface area contributed by atoms with Crippen LogP contribution in [0.5, 0.6) is 0 Å². The molecule has 0 saturated heterocycles. The Kier molecular flexibility index (Phi) is 4.55. The molecule has 1 aliphatic rings. The zero-order valence-electron chi connectivity index (χ0n) is 11.8. The number of benzene rings is 1. The minimum atomic E-state index is -3.59. The lowest BCUT2D eigenvalue weighted by atomic mass is 9.98. The highest BCUT2D eigenvalue weighted by Crippen LogP contribution is 2.20. The smallest absolute Gasteiger partial charge is 0.199 e. The van der Waals surface area contributed by atoms with Crippen molar-refractivity contribution in [2.24, 2.45) is 4.40 Å². The number of hydrogen-bond donors (Lipinski definition) is 0. The van der Waals surface area contributed by atoms with Gasteiger partial charge in [0.05, 0.1) is 4.90 Å². The molecule has 1 aromatic carbocycles. The average molecular weight is 289 g/mol. The maximum absolute atomic E-state index is 12.1. The molecule has 20 heavy (non-hydrogen) atoms. The Labute approximate surface area is 120 Å². The maximum Gasteiger partial charge on any atom is 0.282 e. The van der Waals surface area contributed by atoms with E-state index in [9.17, 15) is 8.42 Å². The molecule has 0 atom stereocenters. The van der Waals surface area contributed by atoms with Gasteiger partial charge in [-0.3, -0.25) is 0 Å². The van der Waals surface area contributed by atoms with Crippen molar-refractivity contribution in [1.29, 1.82) is 0 Å². The van der Waals surface area contributed by atoms with Crippen LogP contribution in [0.15, 0.2) is 56.9 Å². The Morgan fingerprint density at radius 3 is 2.40 bits per heavy atom. The second-order valence-electron chi connectivity index (χ2n) is 4.94. The average Bonchev–Trinajstić information content (AvgIpc) is 2.46. The predicted molar refractivity (Wildman–Crippen MR) is 82.5 cm³/mol. The molecule has 106 valence electrons. The van der Waals surface area contributed by atoms with Crippen LogP contribution in [0.4, 0.5) is 0 Å². The van der Waals surface area contributed by atoms with E-state index in [4.69, 9.17) is 0 Å². The molecule has 0 heterocycles. The molecule has 1 aromatic rings. The first-order valence-corrected chi connectivity index (χ1v) is 8.21. The zero-order valence-corrected chi connectivity index (χ0v) is 12.7. The lowest BCUT2D eigenvalue weighted by Gasteiger charge is -2.09. The summed E-state index contributed by atoms with van der Waals surface area (Å²) in [6.45, 7) is 4.05. The molecule has 0 spiro atoms. The topological polar surface area (TPSA) is 46.5 Å². The van der Waals surface area contributed by atoms with Crippen LogP contribution >= 0.6 is 0 Å². The molecule has 0 aromatic heterocycles. The van der Waals surface area contributed by atoms with Gasteiger partial charge in [0.1, 0.15) is 0 Å². The largest absolute Gasteiger partial charge is 0.282 e. The van der Waals surface area contributed by atoms with Crippen molar-refractivity contribution in [3.63, 3.8) is 0 Å². The molecule has 0 fully saturated rings. The molecule has 3 nitrogen and oxygen atoms in total. The van der Waals surface area contributed by atoms with Gasteiger partial charge in [0.2, 0.25) is 0 Å². The predicted octanol–water partition coefficient (Wildman–Crippen LogP) is 3.81. The lowest BCUT2D eigenvalue weighted by molar-refractivity contribution is 0.598. The second-order valence-corrected chi connectivity index (χ2v) is 6.58. The molecule has 0 bridgehead atoms. The Hall–Kier alpha value is -1.68. The van der Waals surface area contributed by atoms with Gasteiger partial charge in [-0.2, -0.15) is 12.8 Å². The molecule has 0 unspecified atom stereocenters. The summed E-state index contributed by atoms with van der Waals surface area (Å²) in [5.41, 5.74) is 3.38. The summed E-state index contributed by atoms with van der Waals surface area (Å²) >= 11 is 0.